The number of amides is 1. The molecule has 0 spiro atoms. The summed E-state index contributed by atoms with van der Waals surface area (Å²) in [6.07, 6.45) is 1.01. The van der Waals surface area contributed by atoms with Crippen LogP contribution in [0.4, 0.5) is 17.1 Å². The first-order valence-electron chi connectivity index (χ1n) is 10.0. The summed E-state index contributed by atoms with van der Waals surface area (Å²) in [5.41, 5.74) is 7.62. The van der Waals surface area contributed by atoms with Crippen molar-refractivity contribution in [1.82, 2.24) is 14.6 Å². The van der Waals surface area contributed by atoms with Crippen molar-refractivity contribution in [1.29, 1.82) is 0 Å². The van der Waals surface area contributed by atoms with Crippen LogP contribution in [-0.2, 0) is 11.2 Å². The molecular weight excluding hydrogens is 374 g/mol. The third-order valence-corrected chi connectivity index (χ3v) is 5.12. The van der Waals surface area contributed by atoms with Crippen LogP contribution >= 0.6 is 0 Å². The summed E-state index contributed by atoms with van der Waals surface area (Å²) >= 11 is 0. The molecule has 2 aromatic heterocycles. The van der Waals surface area contributed by atoms with E-state index in [1.165, 1.54) is 0 Å². The number of benzene rings is 2. The molecule has 2 N–H and O–H groups in total. The van der Waals surface area contributed by atoms with Crippen molar-refractivity contribution in [2.45, 2.75) is 33.6 Å². The van der Waals surface area contributed by atoms with E-state index in [0.29, 0.717) is 12.8 Å². The number of nitrogens with zero attached hydrogens (tertiary/aromatic N) is 3. The van der Waals surface area contributed by atoms with Crippen molar-refractivity contribution in [3.63, 3.8) is 0 Å². The van der Waals surface area contributed by atoms with E-state index in [4.69, 9.17) is 0 Å². The van der Waals surface area contributed by atoms with Gasteiger partial charge in [-0.15, -0.1) is 0 Å². The lowest BCUT2D eigenvalue weighted by Gasteiger charge is -2.12. The molecule has 6 nitrogen and oxygen atoms in total. The van der Waals surface area contributed by atoms with E-state index in [2.05, 4.69) is 20.7 Å². The summed E-state index contributed by atoms with van der Waals surface area (Å²) < 4.78 is 1.86. The van der Waals surface area contributed by atoms with Gasteiger partial charge in [-0.2, -0.15) is 5.10 Å². The van der Waals surface area contributed by atoms with Crippen LogP contribution < -0.4 is 10.6 Å². The number of fused-ring (bicyclic) bond motifs is 1. The zero-order valence-electron chi connectivity index (χ0n) is 17.4. The van der Waals surface area contributed by atoms with E-state index < -0.39 is 0 Å². The number of aromatic nitrogens is 3. The summed E-state index contributed by atoms with van der Waals surface area (Å²) in [5.74, 6) is -0.0192. The Morgan fingerprint density at radius 2 is 1.60 bits per heavy atom. The molecule has 2 aromatic carbocycles. The summed E-state index contributed by atoms with van der Waals surface area (Å²) in [4.78, 5) is 17.1. The molecule has 0 bridgehead atoms. The Morgan fingerprint density at radius 3 is 2.33 bits per heavy atom. The van der Waals surface area contributed by atoms with E-state index >= 15 is 0 Å². The molecule has 152 valence electrons. The van der Waals surface area contributed by atoms with E-state index in [0.717, 1.165) is 45.4 Å². The Morgan fingerprint density at radius 1 is 0.933 bits per heavy atom. The first kappa shape index (κ1) is 19.6. The minimum atomic E-state index is -0.0192. The molecule has 6 heteroatoms. The third-order valence-electron chi connectivity index (χ3n) is 5.12. The SMILES string of the molecule is Cc1cc2nc(C)c(CCC(=O)Nc3ccc(Nc4ccccc4)cc3)c(C)n2n1. The molecule has 0 aliphatic rings. The van der Waals surface area contributed by atoms with E-state index in [1.54, 1.807) is 0 Å². The van der Waals surface area contributed by atoms with Crippen molar-refractivity contribution in [2.24, 2.45) is 0 Å². The highest BCUT2D eigenvalue weighted by atomic mass is 16.1. The highest BCUT2D eigenvalue weighted by Crippen LogP contribution is 2.20. The zero-order valence-corrected chi connectivity index (χ0v) is 17.4. The molecule has 0 saturated heterocycles. The van der Waals surface area contributed by atoms with Gasteiger partial charge in [-0.05, 0) is 69.2 Å². The summed E-state index contributed by atoms with van der Waals surface area (Å²) in [6.45, 7) is 5.97. The molecule has 0 aliphatic heterocycles. The molecule has 0 fully saturated rings. The van der Waals surface area contributed by atoms with Crippen LogP contribution in [0.25, 0.3) is 5.65 Å². The fourth-order valence-corrected chi connectivity index (χ4v) is 3.59. The van der Waals surface area contributed by atoms with Gasteiger partial charge < -0.3 is 10.6 Å². The predicted octanol–water partition coefficient (Wildman–Crippen LogP) is 4.97. The van der Waals surface area contributed by atoms with Crippen LogP contribution in [0.3, 0.4) is 0 Å². The molecule has 4 rings (SSSR count). The maximum absolute atomic E-state index is 12.5. The van der Waals surface area contributed by atoms with Crippen LogP contribution in [0.5, 0.6) is 0 Å². The van der Waals surface area contributed by atoms with Crippen LogP contribution in [-0.4, -0.2) is 20.5 Å². The van der Waals surface area contributed by atoms with Crippen LogP contribution in [0.2, 0.25) is 0 Å². The van der Waals surface area contributed by atoms with Crippen molar-refractivity contribution in [2.75, 3.05) is 10.6 Å². The van der Waals surface area contributed by atoms with Gasteiger partial charge >= 0.3 is 0 Å². The quantitative estimate of drug-likeness (QED) is 0.480. The first-order valence-corrected chi connectivity index (χ1v) is 10.0. The number of carbonyl (C=O) groups excluding carboxylic acids is 1. The van der Waals surface area contributed by atoms with Crippen molar-refractivity contribution in [3.05, 3.63) is 83.3 Å². The summed E-state index contributed by atoms with van der Waals surface area (Å²) in [7, 11) is 0. The molecule has 2 heterocycles. The minimum Gasteiger partial charge on any atom is -0.356 e. The van der Waals surface area contributed by atoms with Gasteiger partial charge in [-0.1, -0.05) is 18.2 Å². The number of aryl methyl sites for hydroxylation is 3. The van der Waals surface area contributed by atoms with Crippen LogP contribution in [0, 0.1) is 20.8 Å². The maximum atomic E-state index is 12.5. The lowest BCUT2D eigenvalue weighted by atomic mass is 10.1. The molecule has 4 aromatic rings. The average Bonchev–Trinajstić information content (AvgIpc) is 3.10. The van der Waals surface area contributed by atoms with E-state index in [9.17, 15) is 4.79 Å². The standard InChI is InChI=1S/C24H25N5O/c1-16-15-23-25-17(2)22(18(3)29(23)28-16)13-14-24(30)27-21-11-9-20(10-12-21)26-19-7-5-4-6-8-19/h4-12,15,26H,13-14H2,1-3H3,(H,27,30). The maximum Gasteiger partial charge on any atom is 0.224 e. The molecular formula is C24H25N5O. The molecule has 0 radical (unpaired) electrons. The van der Waals surface area contributed by atoms with Gasteiger partial charge in [0.05, 0.1) is 5.69 Å². The lowest BCUT2D eigenvalue weighted by molar-refractivity contribution is -0.116. The van der Waals surface area contributed by atoms with Crippen LogP contribution in [0.1, 0.15) is 29.1 Å². The molecule has 0 aliphatic carbocycles. The van der Waals surface area contributed by atoms with Gasteiger partial charge in [0.2, 0.25) is 5.91 Å². The number of hydrogen-bond donors (Lipinski definition) is 2. The van der Waals surface area contributed by atoms with Gasteiger partial charge in [-0.25, -0.2) is 9.50 Å². The van der Waals surface area contributed by atoms with Gasteiger partial charge in [-0.3, -0.25) is 4.79 Å². The number of carbonyl (C=O) groups is 1. The Kier molecular flexibility index (Phi) is 5.48. The van der Waals surface area contributed by atoms with Gasteiger partial charge in [0.15, 0.2) is 5.65 Å². The first-order chi connectivity index (χ1) is 14.5. The van der Waals surface area contributed by atoms with Crippen molar-refractivity contribution >= 4 is 28.6 Å². The molecule has 1 amide bonds. The monoisotopic (exact) mass is 399 g/mol. The highest BCUT2D eigenvalue weighted by Gasteiger charge is 2.13. The molecule has 0 saturated carbocycles. The smallest absolute Gasteiger partial charge is 0.224 e. The largest absolute Gasteiger partial charge is 0.356 e. The van der Waals surface area contributed by atoms with E-state index in [-0.39, 0.29) is 5.91 Å². The Bertz CT molecular complexity index is 1180. The minimum absolute atomic E-state index is 0.0192. The predicted molar refractivity (Wildman–Crippen MR) is 120 cm³/mol. The topological polar surface area (TPSA) is 71.3 Å². The highest BCUT2D eigenvalue weighted by molar-refractivity contribution is 5.91. The van der Waals surface area contributed by atoms with Gasteiger partial charge in [0, 0.05) is 40.9 Å². The fourth-order valence-electron chi connectivity index (χ4n) is 3.59. The second-order valence-corrected chi connectivity index (χ2v) is 7.43. The Hall–Kier alpha value is -3.67. The van der Waals surface area contributed by atoms with Gasteiger partial charge in [0.25, 0.3) is 0 Å². The number of anilines is 3. The second-order valence-electron chi connectivity index (χ2n) is 7.43. The van der Waals surface area contributed by atoms with Crippen molar-refractivity contribution < 1.29 is 4.79 Å². The second kappa shape index (κ2) is 8.37. The summed E-state index contributed by atoms with van der Waals surface area (Å²) in [5, 5.41) is 10.8. The molecule has 0 unspecified atom stereocenters. The van der Waals surface area contributed by atoms with Crippen molar-refractivity contribution in [3.8, 4) is 0 Å². The van der Waals surface area contributed by atoms with Gasteiger partial charge in [0.1, 0.15) is 0 Å². The molecule has 30 heavy (non-hydrogen) atoms. The Balaban J connectivity index is 1.37. The Labute approximate surface area is 176 Å². The van der Waals surface area contributed by atoms with Crippen LogP contribution in [0.15, 0.2) is 60.7 Å². The number of rotatable bonds is 6. The average molecular weight is 399 g/mol. The zero-order chi connectivity index (χ0) is 21.1. The van der Waals surface area contributed by atoms with E-state index in [1.807, 2.05) is 86.0 Å². The fraction of sp³-hybridized carbons (Fsp3) is 0.208. The normalized spacial score (nSPS) is 10.9. The number of nitrogens with one attached hydrogen (secondary N) is 2. The number of hydrogen-bond acceptors (Lipinski definition) is 4. The molecule has 0 atom stereocenters. The third kappa shape index (κ3) is 4.33. The lowest BCUT2D eigenvalue weighted by Crippen LogP contribution is -2.14. The summed E-state index contributed by atoms with van der Waals surface area (Å²) in [6, 6.07) is 19.7. The number of para-hydroxylation sites is 1.